The first-order valence-corrected chi connectivity index (χ1v) is 11.3. The minimum Gasteiger partial charge on any atom is -0.454 e. The van der Waals surface area contributed by atoms with Crippen LogP contribution < -0.4 is 19.5 Å². The zero-order valence-corrected chi connectivity index (χ0v) is 17.5. The largest absolute Gasteiger partial charge is 0.454 e. The molecule has 0 saturated carbocycles. The summed E-state index contributed by atoms with van der Waals surface area (Å²) in [6.07, 6.45) is 0.350. The van der Waals surface area contributed by atoms with Gasteiger partial charge in [-0.2, -0.15) is 0 Å². The number of nitrogens with one attached hydrogen (secondary N) is 2. The summed E-state index contributed by atoms with van der Waals surface area (Å²) in [6, 6.07) is 11.5. The SMILES string of the molecule is Cc1ccc(S(=O)(=O)NCCc2nnc(NC(=O)c3ccc4c(c3)OCO4)s2)cc1. The third kappa shape index (κ3) is 4.58. The summed E-state index contributed by atoms with van der Waals surface area (Å²) < 4.78 is 37.6. The highest BCUT2D eigenvalue weighted by molar-refractivity contribution is 7.89. The Morgan fingerprint density at radius 1 is 1.10 bits per heavy atom. The minimum atomic E-state index is -3.59. The highest BCUT2D eigenvalue weighted by Crippen LogP contribution is 2.32. The van der Waals surface area contributed by atoms with Crippen LogP contribution in [0.2, 0.25) is 0 Å². The van der Waals surface area contributed by atoms with Crippen LogP contribution in [0.1, 0.15) is 20.9 Å². The van der Waals surface area contributed by atoms with Gasteiger partial charge in [-0.3, -0.25) is 10.1 Å². The van der Waals surface area contributed by atoms with Gasteiger partial charge in [-0.1, -0.05) is 29.0 Å². The molecule has 0 bridgehead atoms. The molecule has 2 heterocycles. The number of nitrogens with zero attached hydrogens (tertiary/aromatic N) is 2. The van der Waals surface area contributed by atoms with Crippen molar-refractivity contribution in [1.82, 2.24) is 14.9 Å². The van der Waals surface area contributed by atoms with E-state index in [4.69, 9.17) is 9.47 Å². The average Bonchev–Trinajstić information content (AvgIpc) is 3.37. The van der Waals surface area contributed by atoms with Gasteiger partial charge in [-0.25, -0.2) is 13.1 Å². The van der Waals surface area contributed by atoms with E-state index in [0.717, 1.165) is 5.56 Å². The van der Waals surface area contributed by atoms with Crippen molar-refractivity contribution in [3.05, 3.63) is 58.6 Å². The molecular weight excluding hydrogens is 428 g/mol. The first-order chi connectivity index (χ1) is 14.4. The molecule has 11 heteroatoms. The van der Waals surface area contributed by atoms with E-state index < -0.39 is 10.0 Å². The van der Waals surface area contributed by atoms with Gasteiger partial charge in [-0.15, -0.1) is 10.2 Å². The molecule has 1 aliphatic heterocycles. The van der Waals surface area contributed by atoms with Gasteiger partial charge < -0.3 is 9.47 Å². The van der Waals surface area contributed by atoms with Crippen LogP contribution >= 0.6 is 11.3 Å². The maximum atomic E-state index is 12.4. The molecular formula is C19H18N4O5S2. The van der Waals surface area contributed by atoms with Gasteiger partial charge in [0.15, 0.2) is 11.5 Å². The summed E-state index contributed by atoms with van der Waals surface area (Å²) in [4.78, 5) is 12.6. The van der Waals surface area contributed by atoms with E-state index in [9.17, 15) is 13.2 Å². The van der Waals surface area contributed by atoms with E-state index in [1.54, 1.807) is 42.5 Å². The summed E-state index contributed by atoms with van der Waals surface area (Å²) in [5.74, 6) is 0.760. The van der Waals surface area contributed by atoms with E-state index in [1.165, 1.54) is 11.3 Å². The fraction of sp³-hybridized carbons (Fsp3) is 0.211. The number of anilines is 1. The van der Waals surface area contributed by atoms with Crippen molar-refractivity contribution in [2.24, 2.45) is 0 Å². The van der Waals surface area contributed by atoms with Crippen LogP contribution in [0.25, 0.3) is 0 Å². The van der Waals surface area contributed by atoms with Gasteiger partial charge in [0.2, 0.25) is 21.9 Å². The maximum absolute atomic E-state index is 12.4. The molecule has 0 atom stereocenters. The lowest BCUT2D eigenvalue weighted by atomic mass is 10.2. The number of ether oxygens (including phenoxy) is 2. The number of carbonyl (C=O) groups is 1. The van der Waals surface area contributed by atoms with Crippen LogP contribution in [-0.2, 0) is 16.4 Å². The number of carbonyl (C=O) groups excluding carboxylic acids is 1. The van der Waals surface area contributed by atoms with E-state index in [1.807, 2.05) is 6.92 Å². The smallest absolute Gasteiger partial charge is 0.257 e. The Hall–Kier alpha value is -3.02. The van der Waals surface area contributed by atoms with Crippen LogP contribution in [0.5, 0.6) is 11.5 Å². The Labute approximate surface area is 177 Å². The molecule has 1 aliphatic rings. The molecule has 0 aliphatic carbocycles. The Balaban J connectivity index is 1.32. The predicted molar refractivity (Wildman–Crippen MR) is 110 cm³/mol. The Morgan fingerprint density at radius 3 is 2.67 bits per heavy atom. The van der Waals surface area contributed by atoms with Gasteiger partial charge in [0.25, 0.3) is 5.91 Å². The van der Waals surface area contributed by atoms with Crippen molar-refractivity contribution >= 4 is 32.4 Å². The molecule has 9 nitrogen and oxygen atoms in total. The predicted octanol–water partition coefficient (Wildman–Crippen LogP) is 2.35. The van der Waals surface area contributed by atoms with Crippen molar-refractivity contribution in [3.8, 4) is 11.5 Å². The topological polar surface area (TPSA) is 120 Å². The molecule has 156 valence electrons. The number of aryl methyl sites for hydroxylation is 1. The highest BCUT2D eigenvalue weighted by Gasteiger charge is 2.18. The third-order valence-corrected chi connectivity index (χ3v) is 6.66. The molecule has 1 aromatic heterocycles. The summed E-state index contributed by atoms with van der Waals surface area (Å²) in [7, 11) is -3.59. The maximum Gasteiger partial charge on any atom is 0.257 e. The zero-order valence-electron chi connectivity index (χ0n) is 15.9. The highest BCUT2D eigenvalue weighted by atomic mass is 32.2. The molecule has 1 amide bonds. The number of sulfonamides is 1. The standard InChI is InChI=1S/C19H18N4O5S2/c1-12-2-5-14(6-3-12)30(25,26)20-9-8-17-22-23-19(29-17)21-18(24)13-4-7-15-16(10-13)28-11-27-15/h2-7,10,20H,8-9,11H2,1H3,(H,21,23,24). The number of fused-ring (bicyclic) bond motifs is 1. The fourth-order valence-corrected chi connectivity index (χ4v) is 4.47. The molecule has 0 saturated heterocycles. The summed E-state index contributed by atoms with van der Waals surface area (Å²) >= 11 is 1.18. The van der Waals surface area contributed by atoms with Crippen molar-refractivity contribution < 1.29 is 22.7 Å². The quantitative estimate of drug-likeness (QED) is 0.572. The second kappa shape index (κ2) is 8.38. The second-order valence-electron chi connectivity index (χ2n) is 6.48. The molecule has 0 unspecified atom stereocenters. The van der Waals surface area contributed by atoms with Crippen molar-refractivity contribution in [1.29, 1.82) is 0 Å². The Morgan fingerprint density at radius 2 is 1.87 bits per heavy atom. The second-order valence-corrected chi connectivity index (χ2v) is 9.31. The summed E-state index contributed by atoms with van der Waals surface area (Å²) in [5.41, 5.74) is 1.39. The molecule has 0 radical (unpaired) electrons. The first kappa shape index (κ1) is 20.3. The van der Waals surface area contributed by atoms with Crippen LogP contribution in [-0.4, -0.2) is 37.9 Å². The van der Waals surface area contributed by atoms with Gasteiger partial charge >= 0.3 is 0 Å². The number of amides is 1. The Bertz CT molecular complexity index is 1180. The van der Waals surface area contributed by atoms with Gasteiger partial charge in [0.05, 0.1) is 4.90 Å². The Kier molecular flexibility index (Phi) is 5.66. The summed E-state index contributed by atoms with van der Waals surface area (Å²) in [5, 5.41) is 11.5. The monoisotopic (exact) mass is 446 g/mol. The van der Waals surface area contributed by atoms with E-state index in [2.05, 4.69) is 20.2 Å². The average molecular weight is 447 g/mol. The molecule has 3 aromatic rings. The van der Waals surface area contributed by atoms with Crippen molar-refractivity contribution in [2.45, 2.75) is 18.2 Å². The van der Waals surface area contributed by atoms with Crippen LogP contribution in [0.3, 0.4) is 0 Å². The molecule has 2 N–H and O–H groups in total. The molecule has 2 aromatic carbocycles. The number of hydrogen-bond donors (Lipinski definition) is 2. The minimum absolute atomic E-state index is 0.133. The number of benzene rings is 2. The van der Waals surface area contributed by atoms with Crippen LogP contribution in [0.15, 0.2) is 47.4 Å². The van der Waals surface area contributed by atoms with Gasteiger partial charge in [0, 0.05) is 18.5 Å². The lowest BCUT2D eigenvalue weighted by Gasteiger charge is -2.05. The summed E-state index contributed by atoms with van der Waals surface area (Å²) in [6.45, 7) is 2.19. The van der Waals surface area contributed by atoms with Crippen molar-refractivity contribution in [3.63, 3.8) is 0 Å². The lowest BCUT2D eigenvalue weighted by molar-refractivity contribution is 0.102. The van der Waals surface area contributed by atoms with E-state index in [-0.39, 0.29) is 24.1 Å². The molecule has 0 spiro atoms. The number of aromatic nitrogens is 2. The van der Waals surface area contributed by atoms with E-state index in [0.29, 0.717) is 33.6 Å². The first-order valence-electron chi connectivity index (χ1n) is 9.00. The van der Waals surface area contributed by atoms with Crippen LogP contribution in [0.4, 0.5) is 5.13 Å². The van der Waals surface area contributed by atoms with Gasteiger partial charge in [-0.05, 0) is 37.3 Å². The number of hydrogen-bond acceptors (Lipinski definition) is 8. The fourth-order valence-electron chi connectivity index (χ4n) is 2.71. The molecule has 30 heavy (non-hydrogen) atoms. The van der Waals surface area contributed by atoms with Gasteiger partial charge in [0.1, 0.15) is 5.01 Å². The lowest BCUT2D eigenvalue weighted by Crippen LogP contribution is -2.25. The number of rotatable bonds is 7. The van der Waals surface area contributed by atoms with Crippen molar-refractivity contribution in [2.75, 3.05) is 18.7 Å². The van der Waals surface area contributed by atoms with Crippen LogP contribution in [0, 0.1) is 6.92 Å². The normalized spacial score (nSPS) is 12.7. The third-order valence-electron chi connectivity index (χ3n) is 4.28. The zero-order chi connectivity index (χ0) is 21.1. The molecule has 4 rings (SSSR count). The molecule has 0 fully saturated rings. The van der Waals surface area contributed by atoms with E-state index >= 15 is 0 Å².